The third-order valence-corrected chi connectivity index (χ3v) is 5.43. The van der Waals surface area contributed by atoms with Gasteiger partial charge in [0.15, 0.2) is 0 Å². The number of methoxy groups -OCH3 is 1. The Balaban J connectivity index is 1.74. The molecule has 0 bridgehead atoms. The average molecular weight is 408 g/mol. The molecule has 2 heterocycles. The highest BCUT2D eigenvalue weighted by atomic mass is 32.2. The molecule has 0 unspecified atom stereocenters. The van der Waals surface area contributed by atoms with Crippen LogP contribution in [-0.4, -0.2) is 27.1 Å². The molecule has 1 fully saturated rings. The van der Waals surface area contributed by atoms with Gasteiger partial charge in [0.25, 0.3) is 5.91 Å². The summed E-state index contributed by atoms with van der Waals surface area (Å²) in [6.07, 6.45) is 3.79. The lowest BCUT2D eigenvalue weighted by Gasteiger charge is -2.03. The van der Waals surface area contributed by atoms with Crippen molar-refractivity contribution in [1.29, 1.82) is 0 Å². The van der Waals surface area contributed by atoms with Gasteiger partial charge < -0.3 is 10.1 Å². The predicted molar refractivity (Wildman–Crippen MR) is 116 cm³/mol. The Kier molecular flexibility index (Phi) is 5.27. The fourth-order valence-electron chi connectivity index (χ4n) is 2.93. The molecule has 0 aliphatic carbocycles. The summed E-state index contributed by atoms with van der Waals surface area (Å²) < 4.78 is 7.60. The van der Waals surface area contributed by atoms with Gasteiger partial charge in [0.05, 0.1) is 24.3 Å². The summed E-state index contributed by atoms with van der Waals surface area (Å²) in [7, 11) is 1.64. The zero-order valence-corrected chi connectivity index (χ0v) is 16.7. The Bertz CT molecular complexity index is 1060. The van der Waals surface area contributed by atoms with E-state index in [1.165, 1.54) is 11.8 Å². The predicted octanol–water partition coefficient (Wildman–Crippen LogP) is 4.10. The van der Waals surface area contributed by atoms with Gasteiger partial charge in [-0.05, 0) is 35.9 Å². The summed E-state index contributed by atoms with van der Waals surface area (Å²) in [5.41, 5.74) is 3.77. The van der Waals surface area contributed by atoms with Gasteiger partial charge in [-0.3, -0.25) is 9.48 Å². The summed E-state index contributed by atoms with van der Waals surface area (Å²) >= 11 is 6.36. The van der Waals surface area contributed by atoms with Crippen LogP contribution in [0.3, 0.4) is 0 Å². The van der Waals surface area contributed by atoms with Crippen LogP contribution >= 0.6 is 24.0 Å². The standard InChI is InChI=1S/C21H17N3O2S2/c1-26-17-9-7-15(8-10-17)19-16(11-18-20(25)22-21(27)28-18)13-24(23-19)12-14-5-3-2-4-6-14/h2-11,13H,12H2,1H3,(H,22,25,27)/b18-11+. The normalized spacial score (nSPS) is 15.1. The minimum atomic E-state index is -0.175. The highest BCUT2D eigenvalue weighted by molar-refractivity contribution is 8.26. The second-order valence-corrected chi connectivity index (χ2v) is 7.92. The Hall–Kier alpha value is -2.90. The maximum Gasteiger partial charge on any atom is 0.263 e. The first-order valence-corrected chi connectivity index (χ1v) is 9.85. The second-order valence-electron chi connectivity index (χ2n) is 6.20. The van der Waals surface area contributed by atoms with Gasteiger partial charge in [-0.2, -0.15) is 5.10 Å². The molecule has 7 heteroatoms. The Morgan fingerprint density at radius 2 is 1.93 bits per heavy atom. The van der Waals surface area contributed by atoms with E-state index in [0.717, 1.165) is 28.1 Å². The summed E-state index contributed by atoms with van der Waals surface area (Å²) in [5, 5.41) is 7.43. The summed E-state index contributed by atoms with van der Waals surface area (Å²) in [6.45, 7) is 0.644. The molecule has 0 saturated carbocycles. The fourth-order valence-corrected chi connectivity index (χ4v) is 3.96. The number of thiocarbonyl (C=S) groups is 1. The molecule has 1 N–H and O–H groups in total. The van der Waals surface area contributed by atoms with Gasteiger partial charge in [-0.1, -0.05) is 54.3 Å². The largest absolute Gasteiger partial charge is 0.497 e. The van der Waals surface area contributed by atoms with Crippen LogP contribution in [0.5, 0.6) is 5.75 Å². The first kappa shape index (κ1) is 18.5. The molecule has 140 valence electrons. The molecule has 0 spiro atoms. The Morgan fingerprint density at radius 3 is 2.57 bits per heavy atom. The molecule has 1 saturated heterocycles. The minimum Gasteiger partial charge on any atom is -0.497 e. The van der Waals surface area contributed by atoms with Crippen LogP contribution in [-0.2, 0) is 11.3 Å². The zero-order valence-electron chi connectivity index (χ0n) is 15.1. The number of carbonyl (C=O) groups excluding carboxylic acids is 1. The van der Waals surface area contributed by atoms with Gasteiger partial charge in [0, 0.05) is 17.3 Å². The number of hydrogen-bond donors (Lipinski definition) is 1. The molecule has 1 amide bonds. The molecule has 28 heavy (non-hydrogen) atoms. The van der Waals surface area contributed by atoms with Crippen LogP contribution in [0.4, 0.5) is 0 Å². The molecule has 5 nitrogen and oxygen atoms in total. The van der Waals surface area contributed by atoms with Crippen molar-refractivity contribution in [3.8, 4) is 17.0 Å². The number of rotatable bonds is 5. The number of ether oxygens (including phenoxy) is 1. The molecule has 2 aromatic carbocycles. The van der Waals surface area contributed by atoms with E-state index in [4.69, 9.17) is 22.1 Å². The molecule has 0 atom stereocenters. The van der Waals surface area contributed by atoms with E-state index in [-0.39, 0.29) is 5.91 Å². The Morgan fingerprint density at radius 1 is 1.18 bits per heavy atom. The van der Waals surface area contributed by atoms with Crippen LogP contribution in [0.25, 0.3) is 17.3 Å². The molecule has 0 radical (unpaired) electrons. The monoisotopic (exact) mass is 407 g/mol. The summed E-state index contributed by atoms with van der Waals surface area (Å²) in [4.78, 5) is 12.7. The number of nitrogens with zero attached hydrogens (tertiary/aromatic N) is 2. The number of benzene rings is 2. The third-order valence-electron chi connectivity index (χ3n) is 4.27. The van der Waals surface area contributed by atoms with Crippen LogP contribution in [0, 0.1) is 0 Å². The van der Waals surface area contributed by atoms with Crippen molar-refractivity contribution in [2.45, 2.75) is 6.54 Å². The molecule has 1 aliphatic heterocycles. The maximum atomic E-state index is 12.1. The first-order valence-electron chi connectivity index (χ1n) is 8.63. The topological polar surface area (TPSA) is 56.1 Å². The van der Waals surface area contributed by atoms with Crippen molar-refractivity contribution >= 4 is 40.3 Å². The highest BCUT2D eigenvalue weighted by Gasteiger charge is 2.23. The smallest absolute Gasteiger partial charge is 0.263 e. The average Bonchev–Trinajstić information content (AvgIpc) is 3.25. The number of thioether (sulfide) groups is 1. The van der Waals surface area contributed by atoms with Crippen molar-refractivity contribution in [2.75, 3.05) is 7.11 Å². The second kappa shape index (κ2) is 8.00. The summed E-state index contributed by atoms with van der Waals surface area (Å²) in [5.74, 6) is 0.606. The number of amides is 1. The molecule has 1 aliphatic rings. The van der Waals surface area contributed by atoms with Crippen molar-refractivity contribution in [3.05, 3.63) is 76.8 Å². The van der Waals surface area contributed by atoms with E-state index in [1.807, 2.05) is 59.4 Å². The van der Waals surface area contributed by atoms with Crippen LogP contribution in [0.15, 0.2) is 65.7 Å². The van der Waals surface area contributed by atoms with Crippen LogP contribution in [0.1, 0.15) is 11.1 Å². The fraction of sp³-hybridized carbons (Fsp3) is 0.0952. The van der Waals surface area contributed by atoms with Crippen molar-refractivity contribution < 1.29 is 9.53 Å². The van der Waals surface area contributed by atoms with E-state index >= 15 is 0 Å². The molecule has 3 aromatic rings. The van der Waals surface area contributed by atoms with E-state index in [2.05, 4.69) is 17.4 Å². The van der Waals surface area contributed by atoms with E-state index in [0.29, 0.717) is 15.8 Å². The lowest BCUT2D eigenvalue weighted by molar-refractivity contribution is -0.115. The third kappa shape index (κ3) is 4.00. The van der Waals surface area contributed by atoms with Gasteiger partial charge in [0.1, 0.15) is 10.1 Å². The van der Waals surface area contributed by atoms with Gasteiger partial charge in [-0.25, -0.2) is 0 Å². The molecular weight excluding hydrogens is 390 g/mol. The van der Waals surface area contributed by atoms with Gasteiger partial charge >= 0.3 is 0 Å². The molecule has 4 rings (SSSR count). The molecular formula is C21H17N3O2S2. The highest BCUT2D eigenvalue weighted by Crippen LogP contribution is 2.31. The number of carbonyl (C=O) groups is 1. The van der Waals surface area contributed by atoms with Crippen molar-refractivity contribution in [2.24, 2.45) is 0 Å². The summed E-state index contributed by atoms with van der Waals surface area (Å²) in [6, 6.07) is 17.8. The lowest BCUT2D eigenvalue weighted by atomic mass is 10.1. The van der Waals surface area contributed by atoms with Gasteiger partial charge in [-0.15, -0.1) is 0 Å². The van der Waals surface area contributed by atoms with E-state index in [1.54, 1.807) is 7.11 Å². The van der Waals surface area contributed by atoms with Crippen molar-refractivity contribution in [3.63, 3.8) is 0 Å². The van der Waals surface area contributed by atoms with Crippen LogP contribution < -0.4 is 10.1 Å². The van der Waals surface area contributed by atoms with Crippen molar-refractivity contribution in [1.82, 2.24) is 15.1 Å². The van der Waals surface area contributed by atoms with E-state index in [9.17, 15) is 4.79 Å². The van der Waals surface area contributed by atoms with Gasteiger partial charge in [0.2, 0.25) is 0 Å². The quantitative estimate of drug-likeness (QED) is 0.510. The lowest BCUT2D eigenvalue weighted by Crippen LogP contribution is -2.17. The van der Waals surface area contributed by atoms with Crippen LogP contribution in [0.2, 0.25) is 0 Å². The zero-order chi connectivity index (χ0) is 19.5. The molecule has 1 aromatic heterocycles. The number of nitrogens with one attached hydrogen (secondary N) is 1. The SMILES string of the molecule is COc1ccc(-c2nn(Cc3ccccc3)cc2/C=C2/SC(=S)NC2=O)cc1. The number of aromatic nitrogens is 2. The minimum absolute atomic E-state index is 0.175. The number of hydrogen-bond acceptors (Lipinski definition) is 5. The Labute approximate surface area is 172 Å². The first-order chi connectivity index (χ1) is 13.6. The maximum absolute atomic E-state index is 12.1. The van der Waals surface area contributed by atoms with E-state index < -0.39 is 0 Å².